The Balaban J connectivity index is 0. The van der Waals surface area contributed by atoms with Crippen molar-refractivity contribution in [3.05, 3.63) is 0 Å². The van der Waals surface area contributed by atoms with Crippen molar-refractivity contribution in [2.45, 2.75) is 0 Å². The van der Waals surface area contributed by atoms with Crippen molar-refractivity contribution in [3.63, 3.8) is 0 Å². The first-order valence-electron chi connectivity index (χ1n) is 1.18. The second-order valence-electron chi connectivity index (χ2n) is 0.733. The fourth-order valence-electron chi connectivity index (χ4n) is 0. The molecule has 0 fully saturated rings. The Bertz CT molecular complexity index is 94.9. The van der Waals surface area contributed by atoms with E-state index in [0.29, 0.717) is 6.26 Å². The lowest BCUT2D eigenvalue weighted by Crippen LogP contribution is -1.88. The van der Waals surface area contributed by atoms with Crippen LogP contribution in [0, 0.1) is 0 Å². The molecule has 4 N–H and O–H groups in total. The van der Waals surface area contributed by atoms with Gasteiger partial charge in [0.15, 0.2) is 0 Å². The molecule has 0 aromatic carbocycles. The summed E-state index contributed by atoms with van der Waals surface area (Å²) in [7, 11) is -3.67. The maximum Gasteiger partial charge on any atom is 0.261 e. The molecule has 0 saturated carbocycles. The van der Waals surface area contributed by atoms with E-state index < -0.39 is 10.1 Å². The third kappa shape index (κ3) is 2960. The molecule has 5 nitrogen and oxygen atoms in total. The minimum atomic E-state index is -3.67. The highest BCUT2D eigenvalue weighted by Crippen LogP contribution is 1.60. The first-order chi connectivity index (χ1) is 3.00. The van der Waals surface area contributed by atoms with Gasteiger partial charge in [-0.15, -0.1) is 0 Å². The average molecular weight is 129 g/mol. The zero-order valence-electron chi connectivity index (χ0n) is 3.70. The smallest absolute Gasteiger partial charge is 0.261 e. The van der Waals surface area contributed by atoms with Crippen LogP contribution in [0.1, 0.15) is 0 Å². The lowest BCUT2D eigenvalue weighted by atomic mass is 12.0. The second-order valence-corrected chi connectivity index (χ2v) is 2.20. The summed E-state index contributed by atoms with van der Waals surface area (Å²) < 4.78 is 25.9. The molecule has 0 aliphatic carbocycles. The Labute approximate surface area is 41.5 Å². The first kappa shape index (κ1) is 9.95. The average Bonchev–Trinajstić information content (AvgIpc) is 1.36. The minimum Gasteiger partial charge on any atom is -0.320 e. The molecule has 6 heteroatoms. The van der Waals surface area contributed by atoms with E-state index in [2.05, 4.69) is 5.90 Å². The maximum absolute atomic E-state index is 9.19. The van der Waals surface area contributed by atoms with Crippen LogP contribution >= 0.6 is 0 Å². The van der Waals surface area contributed by atoms with E-state index in [4.69, 9.17) is 9.76 Å². The van der Waals surface area contributed by atoms with E-state index in [1.54, 1.807) is 0 Å². The van der Waals surface area contributed by atoms with E-state index in [1.807, 2.05) is 0 Å². The van der Waals surface area contributed by atoms with Crippen LogP contribution in [0.5, 0.6) is 0 Å². The lowest BCUT2D eigenvalue weighted by molar-refractivity contribution is 0.311. The van der Waals surface area contributed by atoms with Gasteiger partial charge in [0.2, 0.25) is 0 Å². The summed E-state index contributed by atoms with van der Waals surface area (Å²) in [6.45, 7) is 0. The predicted molar refractivity (Wildman–Crippen MR) is 23.4 cm³/mol. The van der Waals surface area contributed by atoms with Gasteiger partial charge < -0.3 is 5.21 Å². The molecule has 0 radical (unpaired) electrons. The van der Waals surface area contributed by atoms with Crippen LogP contribution in [0.25, 0.3) is 0 Å². The molecule has 0 bridgehead atoms. The summed E-state index contributed by atoms with van der Waals surface area (Å²) in [5, 5.41) is 6.50. The van der Waals surface area contributed by atoms with E-state index in [9.17, 15) is 8.42 Å². The Morgan fingerprint density at radius 3 is 1.43 bits per heavy atom. The standard InChI is InChI=1S/CH4O3S.H3NO/c1-5(2,3)4;1-2/h1H3,(H,2,3,4);2H,1H2. The van der Waals surface area contributed by atoms with Gasteiger partial charge in [-0.25, -0.2) is 5.90 Å². The SMILES string of the molecule is CS(=O)(=O)O.NO. The molecule has 0 aromatic heterocycles. The number of rotatable bonds is 0. The Morgan fingerprint density at radius 1 is 1.43 bits per heavy atom. The third-order valence-corrected chi connectivity index (χ3v) is 0. The molecule has 0 heterocycles. The van der Waals surface area contributed by atoms with Crippen molar-refractivity contribution < 1.29 is 18.2 Å². The van der Waals surface area contributed by atoms with Gasteiger partial charge >= 0.3 is 0 Å². The Kier molecular flexibility index (Phi) is 5.69. The summed E-state index contributed by atoms with van der Waals surface area (Å²) >= 11 is 0. The summed E-state index contributed by atoms with van der Waals surface area (Å²) in [5.74, 6) is 3.50. The Hall–Kier alpha value is -0.170. The molecule has 46 valence electrons. The van der Waals surface area contributed by atoms with Gasteiger partial charge in [-0.1, -0.05) is 0 Å². The van der Waals surface area contributed by atoms with Crippen LogP contribution in [0.3, 0.4) is 0 Å². The van der Waals surface area contributed by atoms with Gasteiger partial charge in [0.25, 0.3) is 10.1 Å². The van der Waals surface area contributed by atoms with Crippen LogP contribution in [0.2, 0.25) is 0 Å². The fourth-order valence-corrected chi connectivity index (χ4v) is 0. The second kappa shape index (κ2) is 4.00. The summed E-state index contributed by atoms with van der Waals surface area (Å²) in [6, 6.07) is 0. The van der Waals surface area contributed by atoms with Gasteiger partial charge in [0.05, 0.1) is 6.26 Å². The number of nitrogens with two attached hydrogens (primary N) is 1. The topological polar surface area (TPSA) is 101 Å². The van der Waals surface area contributed by atoms with E-state index >= 15 is 0 Å². The van der Waals surface area contributed by atoms with E-state index in [0.717, 1.165) is 0 Å². The summed E-state index contributed by atoms with van der Waals surface area (Å²) in [4.78, 5) is 0. The molecule has 0 saturated heterocycles. The molecule has 7 heavy (non-hydrogen) atoms. The van der Waals surface area contributed by atoms with Gasteiger partial charge in [0, 0.05) is 0 Å². The maximum atomic E-state index is 9.19. The normalized spacial score (nSPS) is 9.14. The summed E-state index contributed by atoms with van der Waals surface area (Å²) in [5.41, 5.74) is 0. The number of hydrogen-bond acceptors (Lipinski definition) is 4. The molecule has 0 aliphatic rings. The van der Waals surface area contributed by atoms with Crippen molar-refractivity contribution in [3.8, 4) is 0 Å². The molecule has 0 spiro atoms. The first-order valence-corrected chi connectivity index (χ1v) is 3.03. The van der Waals surface area contributed by atoms with Gasteiger partial charge in [-0.05, 0) is 0 Å². The van der Waals surface area contributed by atoms with Crippen molar-refractivity contribution in [1.29, 1.82) is 0 Å². The molecule has 0 atom stereocenters. The molecule has 0 aromatic rings. The minimum absolute atomic E-state index is 0.715. The van der Waals surface area contributed by atoms with Crippen molar-refractivity contribution in [2.75, 3.05) is 6.26 Å². The highest BCUT2D eigenvalue weighted by atomic mass is 32.2. The fraction of sp³-hybridized carbons (Fsp3) is 1.00. The van der Waals surface area contributed by atoms with Crippen molar-refractivity contribution in [1.82, 2.24) is 0 Å². The molecule has 0 amide bonds. The largest absolute Gasteiger partial charge is 0.320 e. The Morgan fingerprint density at radius 2 is 1.43 bits per heavy atom. The molecule has 0 rings (SSSR count). The van der Waals surface area contributed by atoms with Crippen LogP contribution in [-0.4, -0.2) is 24.4 Å². The lowest BCUT2D eigenvalue weighted by Gasteiger charge is -1.69. The zero-order valence-corrected chi connectivity index (χ0v) is 4.51. The number of hydrogen-bond donors (Lipinski definition) is 3. The van der Waals surface area contributed by atoms with Crippen LogP contribution in [-0.2, 0) is 10.1 Å². The predicted octanol–water partition coefficient (Wildman–Crippen LogP) is -1.16. The highest BCUT2D eigenvalue weighted by Gasteiger charge is 1.81. The zero-order chi connectivity index (χ0) is 6.50. The molecule has 0 aliphatic heterocycles. The molecular weight excluding hydrogens is 122 g/mol. The van der Waals surface area contributed by atoms with Gasteiger partial charge in [0.1, 0.15) is 0 Å². The van der Waals surface area contributed by atoms with Crippen molar-refractivity contribution >= 4 is 10.1 Å². The van der Waals surface area contributed by atoms with Crippen LogP contribution < -0.4 is 5.90 Å². The molecular formula is CH7NO4S. The van der Waals surface area contributed by atoms with Crippen LogP contribution in [0.15, 0.2) is 0 Å². The van der Waals surface area contributed by atoms with E-state index in [1.165, 1.54) is 0 Å². The quantitative estimate of drug-likeness (QED) is 0.283. The highest BCUT2D eigenvalue weighted by molar-refractivity contribution is 7.85. The van der Waals surface area contributed by atoms with Crippen molar-refractivity contribution in [2.24, 2.45) is 5.90 Å². The van der Waals surface area contributed by atoms with Gasteiger partial charge in [-0.3, -0.25) is 4.55 Å². The molecule has 0 unspecified atom stereocenters. The third-order valence-electron chi connectivity index (χ3n) is 0. The van der Waals surface area contributed by atoms with Gasteiger partial charge in [-0.2, -0.15) is 8.42 Å². The van der Waals surface area contributed by atoms with E-state index in [-0.39, 0.29) is 0 Å². The van der Waals surface area contributed by atoms with Crippen LogP contribution in [0.4, 0.5) is 0 Å². The monoisotopic (exact) mass is 129 g/mol. The summed E-state index contributed by atoms with van der Waals surface area (Å²) in [6.07, 6.45) is 0.715.